The van der Waals surface area contributed by atoms with Gasteiger partial charge in [0.1, 0.15) is 0 Å². The molecule has 0 aromatic rings. The smallest absolute Gasteiger partial charge is 0.677 e. The zero-order chi connectivity index (χ0) is 2.00. The Hall–Kier alpha value is 2.01. The minimum atomic E-state index is 0. The Labute approximate surface area is 72.8 Å². The molecule has 0 saturated carbocycles. The van der Waals surface area contributed by atoms with Crippen molar-refractivity contribution in [3.63, 3.8) is 0 Å². The van der Waals surface area contributed by atoms with Crippen LogP contribution < -0.4 is 56.6 Å². The van der Waals surface area contributed by atoms with Crippen molar-refractivity contribution in [2.24, 2.45) is 0 Å². The third-order valence-corrected chi connectivity index (χ3v) is 0. The molecule has 0 atom stereocenters. The standard InChI is InChI=1S/CH3Si.3Li/c1-2;;;/h1H3;;;/q-1;3*+1. The molecular formula is CH3Li3Si+2. The second-order valence-corrected chi connectivity index (χ2v) is 0. The molecule has 0 aliphatic rings. The van der Waals surface area contributed by atoms with Gasteiger partial charge in [0.2, 0.25) is 0 Å². The number of hydrogen-bond acceptors (Lipinski definition) is 0. The van der Waals surface area contributed by atoms with Gasteiger partial charge in [-0.15, -0.1) is 0 Å². The summed E-state index contributed by atoms with van der Waals surface area (Å²) in [5.41, 5.74) is 0. The maximum atomic E-state index is 2.97. The first-order chi connectivity index (χ1) is 1.00. The van der Waals surface area contributed by atoms with Gasteiger partial charge in [0.05, 0.1) is 0 Å². The molecule has 0 amide bonds. The maximum Gasteiger partial charge on any atom is 1.00 e. The summed E-state index contributed by atoms with van der Waals surface area (Å²) in [6.07, 6.45) is 0. The van der Waals surface area contributed by atoms with Crippen molar-refractivity contribution in [1.29, 1.82) is 0 Å². The normalized spacial score (nSPS) is 1.20. The van der Waals surface area contributed by atoms with E-state index in [2.05, 4.69) is 10.2 Å². The van der Waals surface area contributed by atoms with Crippen LogP contribution in [0.15, 0.2) is 0 Å². The molecule has 0 fully saturated rings. The van der Waals surface area contributed by atoms with Crippen LogP contribution in [0.5, 0.6) is 0 Å². The Kier molecular flexibility index (Phi) is 209. The largest absolute Gasteiger partial charge is 1.00 e. The molecule has 0 N–H and O–H groups in total. The van der Waals surface area contributed by atoms with E-state index in [4.69, 9.17) is 0 Å². The van der Waals surface area contributed by atoms with Gasteiger partial charge in [-0.05, 0) is 0 Å². The van der Waals surface area contributed by atoms with E-state index in [9.17, 15) is 0 Å². The van der Waals surface area contributed by atoms with Gasteiger partial charge in [-0.1, -0.05) is 0 Å². The van der Waals surface area contributed by atoms with Crippen molar-refractivity contribution in [2.75, 3.05) is 0 Å². The Morgan fingerprint density at radius 3 is 0.800 bits per heavy atom. The van der Waals surface area contributed by atoms with Crippen LogP contribution >= 0.6 is 0 Å². The van der Waals surface area contributed by atoms with Crippen LogP contribution in [0.2, 0.25) is 6.55 Å². The van der Waals surface area contributed by atoms with E-state index < -0.39 is 0 Å². The van der Waals surface area contributed by atoms with Crippen molar-refractivity contribution >= 4 is 10.2 Å². The van der Waals surface area contributed by atoms with Crippen LogP contribution in [0.3, 0.4) is 0 Å². The molecule has 0 aromatic carbocycles. The van der Waals surface area contributed by atoms with E-state index in [1.54, 1.807) is 6.55 Å². The molecule has 0 aliphatic carbocycles. The Morgan fingerprint density at radius 1 is 0.800 bits per heavy atom. The summed E-state index contributed by atoms with van der Waals surface area (Å²) in [6, 6.07) is 0. The molecule has 0 nitrogen and oxygen atoms in total. The van der Waals surface area contributed by atoms with Gasteiger partial charge in [0.25, 0.3) is 0 Å². The molecule has 0 saturated heterocycles. The quantitative estimate of drug-likeness (QED) is 0.245. The molecule has 5 heavy (non-hydrogen) atoms. The van der Waals surface area contributed by atoms with Gasteiger partial charge in [0.15, 0.2) is 0 Å². The van der Waals surface area contributed by atoms with Gasteiger partial charge in [-0.3, -0.25) is 6.55 Å². The van der Waals surface area contributed by atoms with E-state index in [0.29, 0.717) is 0 Å². The molecule has 4 heteroatoms. The average molecular weight is 63.9 g/mol. The third kappa shape index (κ3) is 23.9. The molecule has 0 aliphatic heterocycles. The van der Waals surface area contributed by atoms with Gasteiger partial charge in [0, 0.05) is 0 Å². The number of rotatable bonds is 0. The van der Waals surface area contributed by atoms with Crippen LogP contribution in [0.25, 0.3) is 0 Å². The van der Waals surface area contributed by atoms with Gasteiger partial charge >= 0.3 is 56.6 Å². The topological polar surface area (TPSA) is 0 Å². The fourth-order valence-corrected chi connectivity index (χ4v) is 0. The van der Waals surface area contributed by atoms with Crippen molar-refractivity contribution < 1.29 is 56.6 Å². The second kappa shape index (κ2) is 37.4. The van der Waals surface area contributed by atoms with Crippen molar-refractivity contribution in [1.82, 2.24) is 0 Å². The van der Waals surface area contributed by atoms with Crippen molar-refractivity contribution in [3.8, 4) is 0 Å². The molecule has 12 valence electrons. The predicted octanol–water partition coefficient (Wildman–Crippen LogP) is -8.79. The summed E-state index contributed by atoms with van der Waals surface area (Å²) in [7, 11) is 2.97. The maximum absolute atomic E-state index is 2.97. The first kappa shape index (κ1) is 28.0. The second-order valence-electron chi connectivity index (χ2n) is 0. The molecule has 0 unspecified atom stereocenters. The summed E-state index contributed by atoms with van der Waals surface area (Å²) in [6.45, 7) is 1.81. The molecule has 0 heterocycles. The minimum Gasteiger partial charge on any atom is -0.677 e. The van der Waals surface area contributed by atoms with Crippen LogP contribution in [0.1, 0.15) is 0 Å². The molecule has 2 radical (unpaired) electrons. The zero-order valence-electron chi connectivity index (χ0n) is 4.50. The van der Waals surface area contributed by atoms with Crippen molar-refractivity contribution in [3.05, 3.63) is 0 Å². The predicted molar refractivity (Wildman–Crippen MR) is 11.6 cm³/mol. The Morgan fingerprint density at radius 2 is 0.800 bits per heavy atom. The Balaban J connectivity index is -0.00000000167. The summed E-state index contributed by atoms with van der Waals surface area (Å²) >= 11 is 0. The van der Waals surface area contributed by atoms with Gasteiger partial charge < -0.3 is 10.2 Å². The first-order valence-electron chi connectivity index (χ1n) is 0.500. The SMILES string of the molecule is C[Si-].[Li+].[Li+].[Li+]. The van der Waals surface area contributed by atoms with Gasteiger partial charge in [-0.25, -0.2) is 0 Å². The van der Waals surface area contributed by atoms with Gasteiger partial charge in [-0.2, -0.15) is 0 Å². The number of hydrogen-bond donors (Lipinski definition) is 0. The molecule has 0 spiro atoms. The van der Waals surface area contributed by atoms with E-state index in [1.807, 2.05) is 0 Å². The molecular weight excluding hydrogens is 60.9 g/mol. The summed E-state index contributed by atoms with van der Waals surface area (Å²) in [4.78, 5) is 0. The fraction of sp³-hybridized carbons (Fsp3) is 1.00. The average Bonchev–Trinajstić information content (AvgIpc) is 1.00. The van der Waals surface area contributed by atoms with E-state index in [0.717, 1.165) is 0 Å². The van der Waals surface area contributed by atoms with E-state index >= 15 is 0 Å². The fourth-order valence-electron chi connectivity index (χ4n) is 0. The zero-order valence-corrected chi connectivity index (χ0v) is 5.50. The first-order valence-corrected chi connectivity index (χ1v) is 1.50. The minimum absolute atomic E-state index is 0. The van der Waals surface area contributed by atoms with Crippen molar-refractivity contribution in [2.45, 2.75) is 6.55 Å². The Bertz CT molecular complexity index is 6.85. The van der Waals surface area contributed by atoms with Crippen LogP contribution in [0, 0.1) is 0 Å². The summed E-state index contributed by atoms with van der Waals surface area (Å²) in [5, 5.41) is 0. The van der Waals surface area contributed by atoms with Crippen LogP contribution in [0.4, 0.5) is 0 Å². The monoisotopic (exact) mass is 64.0 g/mol. The molecule has 0 bridgehead atoms. The molecule has 0 rings (SSSR count). The van der Waals surface area contributed by atoms with E-state index in [-0.39, 0.29) is 56.6 Å². The molecule has 0 aromatic heterocycles. The summed E-state index contributed by atoms with van der Waals surface area (Å²) < 4.78 is 0. The van der Waals surface area contributed by atoms with Crippen LogP contribution in [-0.4, -0.2) is 10.2 Å². The van der Waals surface area contributed by atoms with E-state index in [1.165, 1.54) is 0 Å². The summed E-state index contributed by atoms with van der Waals surface area (Å²) in [5.74, 6) is 0. The third-order valence-electron chi connectivity index (χ3n) is 0. The van der Waals surface area contributed by atoms with Crippen LogP contribution in [-0.2, 0) is 0 Å².